The highest BCUT2D eigenvalue weighted by Crippen LogP contribution is 2.13. The highest BCUT2D eigenvalue weighted by molar-refractivity contribution is 5.86. The molecule has 2 N–H and O–H groups in total. The first-order valence-corrected chi connectivity index (χ1v) is 5.88. The summed E-state index contributed by atoms with van der Waals surface area (Å²) >= 11 is 0. The standard InChI is InChI=1S/C12H18N2O3/c1-14-5-2-10(3-6-14)13-8-9-4-7-17-11(9)12(15)16/h4,7,10,13H,2-3,5-6,8H2,1H3,(H,15,16). The third kappa shape index (κ3) is 3.08. The first kappa shape index (κ1) is 12.1. The van der Waals surface area contributed by atoms with Crippen molar-refractivity contribution in [2.75, 3.05) is 20.1 Å². The van der Waals surface area contributed by atoms with Gasteiger partial charge in [0.05, 0.1) is 6.26 Å². The zero-order valence-electron chi connectivity index (χ0n) is 9.98. The molecule has 0 radical (unpaired) electrons. The summed E-state index contributed by atoms with van der Waals surface area (Å²) in [6.07, 6.45) is 3.64. The lowest BCUT2D eigenvalue weighted by Gasteiger charge is -2.29. The van der Waals surface area contributed by atoms with E-state index < -0.39 is 5.97 Å². The van der Waals surface area contributed by atoms with Crippen LogP contribution in [-0.4, -0.2) is 42.2 Å². The summed E-state index contributed by atoms with van der Waals surface area (Å²) in [6.45, 7) is 2.75. The van der Waals surface area contributed by atoms with Gasteiger partial charge >= 0.3 is 5.97 Å². The second-order valence-corrected chi connectivity index (χ2v) is 4.54. The summed E-state index contributed by atoms with van der Waals surface area (Å²) < 4.78 is 4.94. The van der Waals surface area contributed by atoms with E-state index in [1.165, 1.54) is 6.26 Å². The highest BCUT2D eigenvalue weighted by Gasteiger charge is 2.18. The number of likely N-dealkylation sites (tertiary alicyclic amines) is 1. The van der Waals surface area contributed by atoms with Crippen LogP contribution >= 0.6 is 0 Å². The zero-order valence-corrected chi connectivity index (χ0v) is 9.98. The van der Waals surface area contributed by atoms with Crippen LogP contribution in [0.2, 0.25) is 0 Å². The lowest BCUT2D eigenvalue weighted by atomic mass is 10.1. The van der Waals surface area contributed by atoms with Crippen molar-refractivity contribution in [1.29, 1.82) is 0 Å². The van der Waals surface area contributed by atoms with Crippen molar-refractivity contribution < 1.29 is 14.3 Å². The highest BCUT2D eigenvalue weighted by atomic mass is 16.4. The predicted molar refractivity (Wildman–Crippen MR) is 63.0 cm³/mol. The van der Waals surface area contributed by atoms with Crippen molar-refractivity contribution in [2.45, 2.75) is 25.4 Å². The molecule has 2 heterocycles. The maximum atomic E-state index is 10.8. The maximum Gasteiger partial charge on any atom is 0.372 e. The smallest absolute Gasteiger partial charge is 0.372 e. The van der Waals surface area contributed by atoms with E-state index in [0.29, 0.717) is 12.6 Å². The van der Waals surface area contributed by atoms with Crippen molar-refractivity contribution >= 4 is 5.97 Å². The number of rotatable bonds is 4. The average Bonchev–Trinajstić information content (AvgIpc) is 2.76. The zero-order chi connectivity index (χ0) is 12.3. The molecule has 0 spiro atoms. The Morgan fingerprint density at radius 3 is 2.94 bits per heavy atom. The van der Waals surface area contributed by atoms with Crippen molar-refractivity contribution in [3.8, 4) is 0 Å². The molecule has 94 valence electrons. The lowest BCUT2D eigenvalue weighted by Crippen LogP contribution is -2.40. The normalized spacial score (nSPS) is 18.4. The number of carboxylic acids is 1. The van der Waals surface area contributed by atoms with Crippen LogP contribution in [0.4, 0.5) is 0 Å². The maximum absolute atomic E-state index is 10.8. The van der Waals surface area contributed by atoms with E-state index in [0.717, 1.165) is 31.5 Å². The fraction of sp³-hybridized carbons (Fsp3) is 0.583. The van der Waals surface area contributed by atoms with Crippen molar-refractivity contribution in [3.05, 3.63) is 23.7 Å². The van der Waals surface area contributed by atoms with Gasteiger partial charge in [-0.25, -0.2) is 4.79 Å². The summed E-state index contributed by atoms with van der Waals surface area (Å²) in [5.41, 5.74) is 0.719. The van der Waals surface area contributed by atoms with Crippen molar-refractivity contribution in [2.24, 2.45) is 0 Å². The molecule has 0 aromatic carbocycles. The summed E-state index contributed by atoms with van der Waals surface area (Å²) in [5.74, 6) is -0.958. The van der Waals surface area contributed by atoms with Crippen LogP contribution in [-0.2, 0) is 6.54 Å². The molecule has 0 aliphatic carbocycles. The predicted octanol–water partition coefficient (Wildman–Crippen LogP) is 1.16. The molecule has 1 saturated heterocycles. The summed E-state index contributed by atoms with van der Waals surface area (Å²) in [6, 6.07) is 2.19. The SMILES string of the molecule is CN1CCC(NCc2ccoc2C(=O)O)CC1. The molecule has 1 aromatic rings. The van der Waals surface area contributed by atoms with Crippen LogP contribution < -0.4 is 5.32 Å². The molecule has 2 rings (SSSR count). The summed E-state index contributed by atoms with van der Waals surface area (Å²) in [7, 11) is 2.12. The Morgan fingerprint density at radius 2 is 2.29 bits per heavy atom. The lowest BCUT2D eigenvalue weighted by molar-refractivity contribution is 0.0660. The molecule has 0 unspecified atom stereocenters. The fourth-order valence-corrected chi connectivity index (χ4v) is 2.13. The molecule has 5 heteroatoms. The molecule has 0 saturated carbocycles. The number of nitrogens with one attached hydrogen (secondary N) is 1. The van der Waals surface area contributed by atoms with Crippen LogP contribution in [0, 0.1) is 0 Å². The Hall–Kier alpha value is -1.33. The van der Waals surface area contributed by atoms with Gasteiger partial charge in [0.15, 0.2) is 0 Å². The van der Waals surface area contributed by atoms with Crippen LogP contribution in [0.25, 0.3) is 0 Å². The van der Waals surface area contributed by atoms with E-state index in [-0.39, 0.29) is 5.76 Å². The number of hydrogen-bond acceptors (Lipinski definition) is 4. The van der Waals surface area contributed by atoms with Crippen molar-refractivity contribution in [1.82, 2.24) is 10.2 Å². The molecule has 1 aliphatic rings. The minimum atomic E-state index is -1.00. The van der Waals surface area contributed by atoms with Gasteiger partial charge in [0, 0.05) is 18.2 Å². The summed E-state index contributed by atoms with van der Waals surface area (Å²) in [5, 5.41) is 12.3. The molecule has 0 amide bonds. The topological polar surface area (TPSA) is 65.7 Å². The van der Waals surface area contributed by atoms with E-state index in [9.17, 15) is 4.79 Å². The second-order valence-electron chi connectivity index (χ2n) is 4.54. The van der Waals surface area contributed by atoms with Crippen LogP contribution in [0.5, 0.6) is 0 Å². The van der Waals surface area contributed by atoms with Crippen LogP contribution in [0.3, 0.4) is 0 Å². The Bertz CT molecular complexity index is 381. The minimum Gasteiger partial charge on any atom is -0.475 e. The van der Waals surface area contributed by atoms with E-state index in [1.54, 1.807) is 6.07 Å². The van der Waals surface area contributed by atoms with E-state index in [4.69, 9.17) is 9.52 Å². The Balaban J connectivity index is 1.85. The largest absolute Gasteiger partial charge is 0.475 e. The quantitative estimate of drug-likeness (QED) is 0.824. The van der Waals surface area contributed by atoms with Gasteiger partial charge in [-0.2, -0.15) is 0 Å². The Morgan fingerprint density at radius 1 is 1.59 bits per heavy atom. The van der Waals surface area contributed by atoms with Crippen molar-refractivity contribution in [3.63, 3.8) is 0 Å². The molecule has 1 aromatic heterocycles. The molecule has 17 heavy (non-hydrogen) atoms. The third-order valence-electron chi connectivity index (χ3n) is 3.24. The van der Waals surface area contributed by atoms with Gasteiger partial charge in [0.2, 0.25) is 5.76 Å². The van der Waals surface area contributed by atoms with Crippen LogP contribution in [0.1, 0.15) is 29.0 Å². The second kappa shape index (κ2) is 5.33. The number of carbonyl (C=O) groups is 1. The Kier molecular flexibility index (Phi) is 3.81. The number of piperidine rings is 1. The average molecular weight is 238 g/mol. The molecule has 0 atom stereocenters. The third-order valence-corrected chi connectivity index (χ3v) is 3.24. The van der Waals surface area contributed by atoms with Gasteiger partial charge < -0.3 is 19.7 Å². The molecule has 1 fully saturated rings. The number of furan rings is 1. The first-order valence-electron chi connectivity index (χ1n) is 5.88. The monoisotopic (exact) mass is 238 g/mol. The molecule has 0 bridgehead atoms. The molecule has 1 aliphatic heterocycles. The molecular weight excluding hydrogens is 220 g/mol. The number of nitrogens with zero attached hydrogens (tertiary/aromatic N) is 1. The van der Waals surface area contributed by atoms with Gasteiger partial charge in [-0.15, -0.1) is 0 Å². The van der Waals surface area contributed by atoms with Gasteiger partial charge in [0.25, 0.3) is 0 Å². The number of carboxylic acid groups (broad SMARTS) is 1. The molecular formula is C12H18N2O3. The molecule has 5 nitrogen and oxygen atoms in total. The van der Waals surface area contributed by atoms with Crippen LogP contribution in [0.15, 0.2) is 16.7 Å². The summed E-state index contributed by atoms with van der Waals surface area (Å²) in [4.78, 5) is 13.2. The van der Waals surface area contributed by atoms with E-state index in [1.807, 2.05) is 0 Å². The fourth-order valence-electron chi connectivity index (χ4n) is 2.13. The van der Waals surface area contributed by atoms with Gasteiger partial charge in [0.1, 0.15) is 0 Å². The Labute approximate surface area is 100 Å². The van der Waals surface area contributed by atoms with E-state index >= 15 is 0 Å². The number of hydrogen-bond donors (Lipinski definition) is 2. The van der Waals surface area contributed by atoms with Gasteiger partial charge in [-0.3, -0.25) is 0 Å². The first-order chi connectivity index (χ1) is 8.16. The van der Waals surface area contributed by atoms with Gasteiger partial charge in [-0.1, -0.05) is 0 Å². The number of aromatic carboxylic acids is 1. The minimum absolute atomic E-state index is 0.0467. The van der Waals surface area contributed by atoms with E-state index in [2.05, 4.69) is 17.3 Å². The van der Waals surface area contributed by atoms with Gasteiger partial charge in [-0.05, 0) is 39.0 Å².